The Morgan fingerprint density at radius 2 is 1.82 bits per heavy atom. The van der Waals surface area contributed by atoms with E-state index < -0.39 is 0 Å². The summed E-state index contributed by atoms with van der Waals surface area (Å²) in [6.45, 7) is 6.20. The number of nitrogens with one attached hydrogen (secondary N) is 2. The average Bonchev–Trinajstić information content (AvgIpc) is 3.23. The Labute approximate surface area is 206 Å². The predicted molar refractivity (Wildman–Crippen MR) is 141 cm³/mol. The average molecular weight is 523 g/mol. The van der Waals surface area contributed by atoms with Gasteiger partial charge < -0.3 is 14.6 Å². The Morgan fingerprint density at radius 3 is 2.52 bits per heavy atom. The van der Waals surface area contributed by atoms with E-state index in [-0.39, 0.29) is 11.0 Å². The first-order chi connectivity index (χ1) is 16.0. The van der Waals surface area contributed by atoms with Crippen molar-refractivity contribution in [3.05, 3.63) is 76.8 Å². The number of carbonyl (C=O) groups is 1. The lowest BCUT2D eigenvalue weighted by atomic mass is 10.2. The van der Waals surface area contributed by atoms with Crippen molar-refractivity contribution < 1.29 is 9.21 Å². The zero-order valence-electron chi connectivity index (χ0n) is 18.3. The molecule has 1 aromatic heterocycles. The lowest BCUT2D eigenvalue weighted by molar-refractivity contribution is 0.0977. The van der Waals surface area contributed by atoms with Crippen LogP contribution in [0.2, 0.25) is 0 Å². The first-order valence-corrected chi connectivity index (χ1v) is 11.8. The minimum Gasteiger partial charge on any atom is -0.436 e. The van der Waals surface area contributed by atoms with E-state index in [4.69, 9.17) is 16.6 Å². The van der Waals surface area contributed by atoms with Crippen LogP contribution in [0, 0.1) is 0 Å². The zero-order chi connectivity index (χ0) is 23.4. The van der Waals surface area contributed by atoms with Crippen molar-refractivity contribution in [2.24, 2.45) is 0 Å². The molecule has 0 unspecified atom stereocenters. The van der Waals surface area contributed by atoms with E-state index in [1.54, 1.807) is 18.2 Å². The van der Waals surface area contributed by atoms with Gasteiger partial charge in [-0.25, -0.2) is 4.98 Å². The second-order valence-corrected chi connectivity index (χ2v) is 8.66. The number of oxazole rings is 1. The molecule has 8 heteroatoms. The summed E-state index contributed by atoms with van der Waals surface area (Å²) in [6, 6.07) is 20.8. The summed E-state index contributed by atoms with van der Waals surface area (Å²) in [5, 5.41) is 5.92. The van der Waals surface area contributed by atoms with E-state index in [1.165, 1.54) is 5.69 Å². The van der Waals surface area contributed by atoms with E-state index in [9.17, 15) is 4.79 Å². The molecule has 1 amide bonds. The molecule has 0 saturated carbocycles. The molecule has 0 aliphatic rings. The maximum absolute atomic E-state index is 12.4. The maximum Gasteiger partial charge on any atom is 0.257 e. The summed E-state index contributed by atoms with van der Waals surface area (Å²) in [5.41, 5.74) is 4.67. The summed E-state index contributed by atoms with van der Waals surface area (Å²) in [7, 11) is 0. The van der Waals surface area contributed by atoms with Gasteiger partial charge in [0, 0.05) is 40.1 Å². The van der Waals surface area contributed by atoms with Gasteiger partial charge in [0.2, 0.25) is 5.89 Å². The molecule has 0 radical (unpaired) electrons. The van der Waals surface area contributed by atoms with Crippen molar-refractivity contribution in [3.8, 4) is 11.5 Å². The van der Waals surface area contributed by atoms with Crippen molar-refractivity contribution in [1.29, 1.82) is 0 Å². The molecule has 0 spiro atoms. The van der Waals surface area contributed by atoms with Crippen molar-refractivity contribution in [2.75, 3.05) is 23.3 Å². The fourth-order valence-corrected chi connectivity index (χ4v) is 4.11. The molecule has 4 rings (SSSR count). The van der Waals surface area contributed by atoms with Crippen molar-refractivity contribution in [2.45, 2.75) is 13.8 Å². The number of fused-ring (bicyclic) bond motifs is 1. The van der Waals surface area contributed by atoms with Gasteiger partial charge in [-0.15, -0.1) is 0 Å². The molecule has 0 atom stereocenters. The molecule has 0 fully saturated rings. The Balaban J connectivity index is 1.46. The zero-order valence-corrected chi connectivity index (χ0v) is 20.7. The molecule has 33 heavy (non-hydrogen) atoms. The Hall–Kier alpha value is -3.23. The summed E-state index contributed by atoms with van der Waals surface area (Å²) >= 11 is 8.66. The number of anilines is 2. The van der Waals surface area contributed by atoms with Gasteiger partial charge in [0.05, 0.1) is 0 Å². The first-order valence-electron chi connectivity index (χ1n) is 10.6. The summed E-state index contributed by atoms with van der Waals surface area (Å²) in [6.07, 6.45) is 0. The number of halogens is 1. The van der Waals surface area contributed by atoms with E-state index in [0.29, 0.717) is 28.2 Å². The number of aromatic nitrogens is 1. The normalized spacial score (nSPS) is 10.8. The molecule has 168 valence electrons. The lowest BCUT2D eigenvalue weighted by Crippen LogP contribution is -2.34. The Morgan fingerprint density at radius 1 is 1.06 bits per heavy atom. The third-order valence-electron chi connectivity index (χ3n) is 5.20. The van der Waals surface area contributed by atoms with Gasteiger partial charge in [-0.2, -0.15) is 0 Å². The Bertz CT molecular complexity index is 1300. The van der Waals surface area contributed by atoms with Gasteiger partial charge in [0.15, 0.2) is 10.7 Å². The van der Waals surface area contributed by atoms with Crippen molar-refractivity contribution in [1.82, 2.24) is 10.3 Å². The number of carbonyl (C=O) groups excluding carboxylic acids is 1. The van der Waals surface area contributed by atoms with Gasteiger partial charge in [-0.05, 0) is 86.7 Å². The van der Waals surface area contributed by atoms with E-state index in [1.807, 2.05) is 36.4 Å². The highest BCUT2D eigenvalue weighted by molar-refractivity contribution is 9.10. The van der Waals surface area contributed by atoms with E-state index in [2.05, 4.69) is 62.4 Å². The highest BCUT2D eigenvalue weighted by atomic mass is 79.9. The highest BCUT2D eigenvalue weighted by Crippen LogP contribution is 2.28. The fourth-order valence-electron chi connectivity index (χ4n) is 3.50. The second-order valence-electron chi connectivity index (χ2n) is 7.34. The molecule has 2 N–H and O–H groups in total. The molecule has 0 aliphatic heterocycles. The molecule has 3 aromatic carbocycles. The molecular weight excluding hydrogens is 500 g/mol. The summed E-state index contributed by atoms with van der Waals surface area (Å²) in [5.74, 6) is 0.269. The molecule has 1 heterocycles. The topological polar surface area (TPSA) is 70.4 Å². The largest absolute Gasteiger partial charge is 0.436 e. The molecule has 0 bridgehead atoms. The number of amides is 1. The SMILES string of the molecule is CCN(CC)c1ccc(-c2nc3cc(NC(=S)NC(=O)c4cccc(Br)c4)ccc3o2)cc1. The van der Waals surface area contributed by atoms with Gasteiger partial charge in [0.25, 0.3) is 5.91 Å². The molecular formula is C25H23BrN4O2S. The number of thiocarbonyl (C=S) groups is 1. The number of nitrogens with zero attached hydrogens (tertiary/aromatic N) is 2. The Kier molecular flexibility index (Phi) is 7.05. The van der Waals surface area contributed by atoms with E-state index >= 15 is 0 Å². The maximum atomic E-state index is 12.4. The van der Waals surface area contributed by atoms with Gasteiger partial charge in [-0.3, -0.25) is 10.1 Å². The minimum atomic E-state index is -0.285. The second kappa shape index (κ2) is 10.1. The van der Waals surface area contributed by atoms with Crippen LogP contribution in [-0.2, 0) is 0 Å². The van der Waals surface area contributed by atoms with Crippen LogP contribution in [0.5, 0.6) is 0 Å². The molecule has 4 aromatic rings. The van der Waals surface area contributed by atoms with Crippen LogP contribution >= 0.6 is 28.1 Å². The van der Waals surface area contributed by atoms with Crippen LogP contribution in [-0.4, -0.2) is 29.1 Å². The minimum absolute atomic E-state index is 0.204. The highest BCUT2D eigenvalue weighted by Gasteiger charge is 2.12. The summed E-state index contributed by atoms with van der Waals surface area (Å²) in [4.78, 5) is 19.3. The van der Waals surface area contributed by atoms with Gasteiger partial charge in [0.1, 0.15) is 5.52 Å². The van der Waals surface area contributed by atoms with Gasteiger partial charge in [-0.1, -0.05) is 22.0 Å². The standard InChI is InChI=1S/C25H23BrN4O2S/c1-3-30(4-2)20-11-8-16(9-12-20)24-28-21-15-19(10-13-22(21)32-24)27-25(33)29-23(31)17-6-5-7-18(26)14-17/h5-15H,3-4H2,1-2H3,(H2,27,29,31,33). The molecule has 0 aliphatic carbocycles. The summed E-state index contributed by atoms with van der Waals surface area (Å²) < 4.78 is 6.76. The first kappa shape index (κ1) is 22.9. The van der Waals surface area contributed by atoms with Crippen molar-refractivity contribution in [3.63, 3.8) is 0 Å². The van der Waals surface area contributed by atoms with Crippen LogP contribution in [0.1, 0.15) is 24.2 Å². The van der Waals surface area contributed by atoms with Crippen molar-refractivity contribution >= 4 is 61.6 Å². The van der Waals surface area contributed by atoms with Crippen LogP contribution < -0.4 is 15.5 Å². The van der Waals surface area contributed by atoms with Crippen LogP contribution in [0.15, 0.2) is 75.6 Å². The van der Waals surface area contributed by atoms with E-state index in [0.717, 1.165) is 23.1 Å². The number of benzene rings is 3. The van der Waals surface area contributed by atoms with Gasteiger partial charge >= 0.3 is 0 Å². The quantitative estimate of drug-likeness (QED) is 0.292. The predicted octanol–water partition coefficient (Wildman–Crippen LogP) is 6.23. The monoisotopic (exact) mass is 522 g/mol. The fraction of sp³-hybridized carbons (Fsp3) is 0.160. The number of hydrogen-bond acceptors (Lipinski definition) is 5. The smallest absolute Gasteiger partial charge is 0.257 e. The molecule has 6 nitrogen and oxygen atoms in total. The van der Waals surface area contributed by atoms with Crippen LogP contribution in [0.25, 0.3) is 22.6 Å². The van der Waals surface area contributed by atoms with Crippen LogP contribution in [0.4, 0.5) is 11.4 Å². The lowest BCUT2D eigenvalue weighted by Gasteiger charge is -2.20. The number of rotatable bonds is 6. The third kappa shape index (κ3) is 5.40. The van der Waals surface area contributed by atoms with Crippen LogP contribution in [0.3, 0.4) is 0 Å². The third-order valence-corrected chi connectivity index (χ3v) is 5.90. The number of hydrogen-bond donors (Lipinski definition) is 2. The molecule has 0 saturated heterocycles.